The Morgan fingerprint density at radius 3 is 2.39 bits per heavy atom. The molecule has 2 amide bonds. The molecule has 1 aliphatic rings. The number of rotatable bonds is 10. The average molecular weight is 534 g/mol. The molecular weight excluding hydrogens is 498 g/mol. The van der Waals surface area contributed by atoms with Gasteiger partial charge >= 0.3 is 0 Å². The first-order valence-corrected chi connectivity index (χ1v) is 14.7. The van der Waals surface area contributed by atoms with E-state index in [0.717, 1.165) is 47.4 Å². The Labute approximate surface area is 219 Å². The molecule has 3 rings (SSSR count). The molecule has 1 aliphatic carbocycles. The van der Waals surface area contributed by atoms with Gasteiger partial charge in [0.05, 0.1) is 11.9 Å². The Bertz CT molecular complexity index is 1170. The smallest absolute Gasteiger partial charge is 0.244 e. The van der Waals surface area contributed by atoms with Crippen molar-refractivity contribution in [2.24, 2.45) is 0 Å². The van der Waals surface area contributed by atoms with E-state index in [1.54, 1.807) is 18.2 Å². The number of nitrogens with zero attached hydrogens (tertiary/aromatic N) is 2. The Kier molecular flexibility index (Phi) is 9.79. The molecule has 0 heterocycles. The van der Waals surface area contributed by atoms with Crippen molar-refractivity contribution in [3.63, 3.8) is 0 Å². The van der Waals surface area contributed by atoms with Gasteiger partial charge in [-0.15, -0.1) is 0 Å². The third-order valence-electron chi connectivity index (χ3n) is 6.71. The summed E-state index contributed by atoms with van der Waals surface area (Å²) in [6, 6.07) is 13.5. The molecule has 0 spiro atoms. The Balaban J connectivity index is 1.92. The van der Waals surface area contributed by atoms with E-state index in [-0.39, 0.29) is 18.5 Å². The van der Waals surface area contributed by atoms with Gasteiger partial charge in [0.15, 0.2) is 0 Å². The number of amides is 2. The number of carbonyl (C=O) groups is 2. The number of sulfonamides is 1. The van der Waals surface area contributed by atoms with Crippen LogP contribution in [0.4, 0.5) is 5.69 Å². The molecule has 0 aliphatic heterocycles. The van der Waals surface area contributed by atoms with E-state index in [9.17, 15) is 18.0 Å². The zero-order chi connectivity index (χ0) is 26.3. The highest BCUT2D eigenvalue weighted by Crippen LogP contribution is 2.24. The van der Waals surface area contributed by atoms with Crippen molar-refractivity contribution in [1.82, 2.24) is 10.2 Å². The van der Waals surface area contributed by atoms with E-state index >= 15 is 0 Å². The van der Waals surface area contributed by atoms with Crippen molar-refractivity contribution in [1.29, 1.82) is 0 Å². The van der Waals surface area contributed by atoms with E-state index in [1.807, 2.05) is 38.1 Å². The SMILES string of the molecule is CC[C@H](C(=O)NC1CCCCC1)N(Cc1ccccc1C)C(=O)CN(c1cccc(Cl)c1)S(C)(=O)=O. The van der Waals surface area contributed by atoms with Crippen molar-refractivity contribution in [3.05, 3.63) is 64.7 Å². The largest absolute Gasteiger partial charge is 0.352 e. The molecule has 0 bridgehead atoms. The van der Waals surface area contributed by atoms with Gasteiger partial charge in [-0.1, -0.05) is 68.1 Å². The topological polar surface area (TPSA) is 86.8 Å². The van der Waals surface area contributed by atoms with Gasteiger partial charge in [0.2, 0.25) is 21.8 Å². The third kappa shape index (κ3) is 7.46. The fourth-order valence-electron chi connectivity index (χ4n) is 4.68. The molecule has 1 saturated carbocycles. The molecule has 9 heteroatoms. The average Bonchev–Trinajstić information content (AvgIpc) is 2.83. The van der Waals surface area contributed by atoms with Crippen molar-refractivity contribution in [2.45, 2.75) is 71.0 Å². The summed E-state index contributed by atoms with van der Waals surface area (Å²) in [5.74, 6) is -0.644. The van der Waals surface area contributed by atoms with Crippen LogP contribution in [-0.4, -0.2) is 50.0 Å². The lowest BCUT2D eigenvalue weighted by molar-refractivity contribution is -0.140. The molecule has 36 heavy (non-hydrogen) atoms. The van der Waals surface area contributed by atoms with Crippen LogP contribution in [-0.2, 0) is 26.2 Å². The maximum absolute atomic E-state index is 13.8. The summed E-state index contributed by atoms with van der Waals surface area (Å²) >= 11 is 6.10. The molecule has 1 N–H and O–H groups in total. The van der Waals surface area contributed by atoms with Gasteiger partial charge in [-0.3, -0.25) is 13.9 Å². The highest BCUT2D eigenvalue weighted by Gasteiger charge is 2.33. The van der Waals surface area contributed by atoms with Gasteiger partial charge in [0.25, 0.3) is 0 Å². The third-order valence-corrected chi connectivity index (χ3v) is 8.09. The van der Waals surface area contributed by atoms with E-state index < -0.39 is 28.5 Å². The lowest BCUT2D eigenvalue weighted by Gasteiger charge is -2.34. The Hall–Kier alpha value is -2.58. The molecule has 1 atom stereocenters. The molecule has 0 saturated heterocycles. The van der Waals surface area contributed by atoms with Gasteiger partial charge in [-0.05, 0) is 55.5 Å². The number of aryl methyl sites for hydroxylation is 1. The minimum absolute atomic E-state index is 0.106. The molecule has 1 fully saturated rings. The second kappa shape index (κ2) is 12.6. The second-order valence-electron chi connectivity index (χ2n) is 9.47. The first-order chi connectivity index (χ1) is 17.1. The maximum atomic E-state index is 13.8. The fourth-order valence-corrected chi connectivity index (χ4v) is 5.71. The van der Waals surface area contributed by atoms with E-state index in [0.29, 0.717) is 17.1 Å². The van der Waals surface area contributed by atoms with Crippen LogP contribution in [0.25, 0.3) is 0 Å². The zero-order valence-electron chi connectivity index (χ0n) is 21.2. The van der Waals surface area contributed by atoms with Crippen molar-refractivity contribution < 1.29 is 18.0 Å². The number of benzene rings is 2. The van der Waals surface area contributed by atoms with Crippen molar-refractivity contribution >= 4 is 39.1 Å². The van der Waals surface area contributed by atoms with Crippen LogP contribution in [0, 0.1) is 6.92 Å². The summed E-state index contributed by atoms with van der Waals surface area (Å²) in [5, 5.41) is 3.51. The molecule has 2 aromatic rings. The molecule has 0 unspecified atom stereocenters. The van der Waals surface area contributed by atoms with Gasteiger partial charge < -0.3 is 10.2 Å². The molecule has 2 aromatic carbocycles. The Morgan fingerprint density at radius 2 is 1.78 bits per heavy atom. The highest BCUT2D eigenvalue weighted by atomic mass is 35.5. The molecule has 0 aromatic heterocycles. The van der Waals surface area contributed by atoms with Crippen molar-refractivity contribution in [3.8, 4) is 0 Å². The summed E-state index contributed by atoms with van der Waals surface area (Å²) in [5.41, 5.74) is 2.20. The summed E-state index contributed by atoms with van der Waals surface area (Å²) in [4.78, 5) is 28.7. The van der Waals surface area contributed by atoms with Crippen LogP contribution in [0.2, 0.25) is 5.02 Å². The summed E-state index contributed by atoms with van der Waals surface area (Å²) in [6.45, 7) is 3.60. The maximum Gasteiger partial charge on any atom is 0.244 e. The van der Waals surface area contributed by atoms with Gasteiger partial charge in [-0.2, -0.15) is 0 Å². The first kappa shape index (κ1) is 28.0. The fraction of sp³-hybridized carbons (Fsp3) is 0.481. The number of carbonyl (C=O) groups excluding carboxylic acids is 2. The molecular formula is C27H36ClN3O4S. The number of hydrogen-bond donors (Lipinski definition) is 1. The summed E-state index contributed by atoms with van der Waals surface area (Å²) in [7, 11) is -3.79. The molecule has 7 nitrogen and oxygen atoms in total. The predicted octanol–water partition coefficient (Wildman–Crippen LogP) is 4.67. The second-order valence-corrected chi connectivity index (χ2v) is 11.8. The number of nitrogens with one attached hydrogen (secondary N) is 1. The minimum Gasteiger partial charge on any atom is -0.352 e. The number of anilines is 1. The van der Waals surface area contributed by atoms with Gasteiger partial charge in [0, 0.05) is 17.6 Å². The quantitative estimate of drug-likeness (QED) is 0.481. The van der Waals surface area contributed by atoms with E-state index in [1.165, 1.54) is 17.4 Å². The first-order valence-electron chi connectivity index (χ1n) is 12.5. The van der Waals surface area contributed by atoms with Crippen LogP contribution in [0.3, 0.4) is 0 Å². The summed E-state index contributed by atoms with van der Waals surface area (Å²) in [6.07, 6.45) is 6.67. The molecule has 0 radical (unpaired) electrons. The zero-order valence-corrected chi connectivity index (χ0v) is 22.8. The van der Waals surface area contributed by atoms with Gasteiger partial charge in [-0.25, -0.2) is 8.42 Å². The van der Waals surface area contributed by atoms with Crippen LogP contribution in [0.1, 0.15) is 56.6 Å². The standard InChI is InChI=1S/C27H36ClN3O4S/c1-4-25(27(33)29-23-14-6-5-7-15-23)30(18-21-12-9-8-11-20(21)2)26(32)19-31(36(3,34)35)24-16-10-13-22(28)17-24/h8-13,16-17,23,25H,4-7,14-15,18-19H2,1-3H3,(H,29,33)/t25-/m1/s1. The van der Waals surface area contributed by atoms with Crippen LogP contribution in [0.15, 0.2) is 48.5 Å². The molecule has 196 valence electrons. The lowest BCUT2D eigenvalue weighted by Crippen LogP contribution is -2.54. The Morgan fingerprint density at radius 1 is 1.08 bits per heavy atom. The normalized spacial score (nSPS) is 15.2. The van der Waals surface area contributed by atoms with Crippen LogP contribution < -0.4 is 9.62 Å². The monoisotopic (exact) mass is 533 g/mol. The number of hydrogen-bond acceptors (Lipinski definition) is 4. The van der Waals surface area contributed by atoms with E-state index in [2.05, 4.69) is 5.32 Å². The summed E-state index contributed by atoms with van der Waals surface area (Å²) < 4.78 is 26.4. The van der Waals surface area contributed by atoms with Crippen molar-refractivity contribution in [2.75, 3.05) is 17.1 Å². The lowest BCUT2D eigenvalue weighted by atomic mass is 9.95. The van der Waals surface area contributed by atoms with Crippen LogP contribution >= 0.6 is 11.6 Å². The number of halogens is 1. The highest BCUT2D eigenvalue weighted by molar-refractivity contribution is 7.92. The van der Waals surface area contributed by atoms with Gasteiger partial charge in [0.1, 0.15) is 12.6 Å². The predicted molar refractivity (Wildman–Crippen MR) is 144 cm³/mol. The van der Waals surface area contributed by atoms with E-state index in [4.69, 9.17) is 11.6 Å². The van der Waals surface area contributed by atoms with Crippen LogP contribution in [0.5, 0.6) is 0 Å². The minimum atomic E-state index is -3.79.